The number of aromatic nitrogens is 2. The summed E-state index contributed by atoms with van der Waals surface area (Å²) in [5, 5.41) is 7.39. The fourth-order valence-corrected chi connectivity index (χ4v) is 2.65. The second-order valence-electron chi connectivity index (χ2n) is 4.60. The van der Waals surface area contributed by atoms with Crippen molar-refractivity contribution in [3.8, 4) is 0 Å². The van der Waals surface area contributed by atoms with Crippen LogP contribution in [0.25, 0.3) is 0 Å². The van der Waals surface area contributed by atoms with Crippen molar-refractivity contribution in [1.82, 2.24) is 15.1 Å². The van der Waals surface area contributed by atoms with Crippen LogP contribution in [-0.4, -0.2) is 16.8 Å². The summed E-state index contributed by atoms with van der Waals surface area (Å²) >= 11 is 3.33. The topological polar surface area (TPSA) is 29.9 Å². The number of nitrogens with one attached hydrogen (secondary N) is 1. The molecule has 2 aromatic rings. The Bertz CT molecular complexity index is 533. The zero-order valence-corrected chi connectivity index (χ0v) is 12.6. The highest BCUT2D eigenvalue weighted by atomic mass is 79.9. The van der Waals surface area contributed by atoms with Crippen LogP contribution in [0.1, 0.15) is 23.6 Å². The lowest BCUT2D eigenvalue weighted by Crippen LogP contribution is -2.17. The van der Waals surface area contributed by atoms with Gasteiger partial charge in [0.15, 0.2) is 0 Å². The van der Waals surface area contributed by atoms with E-state index in [1.807, 2.05) is 32.6 Å². The molecule has 1 aromatic heterocycles. The molecule has 0 saturated heterocycles. The van der Waals surface area contributed by atoms with Crippen LogP contribution in [0.15, 0.2) is 35.1 Å². The van der Waals surface area contributed by atoms with Gasteiger partial charge in [0.05, 0.1) is 6.20 Å². The number of benzene rings is 1. The Morgan fingerprint density at radius 2 is 2.21 bits per heavy atom. The van der Waals surface area contributed by atoms with E-state index in [2.05, 4.69) is 26.3 Å². The van der Waals surface area contributed by atoms with Crippen molar-refractivity contribution in [2.75, 3.05) is 7.05 Å². The van der Waals surface area contributed by atoms with Crippen molar-refractivity contribution in [2.24, 2.45) is 7.05 Å². The summed E-state index contributed by atoms with van der Waals surface area (Å²) in [5.74, 6) is -0.217. The SMILES string of the molecule is CNC(CCc1cnn(C)c1)c1cc(F)cc(Br)c1. The molecule has 1 heterocycles. The molecule has 1 aromatic carbocycles. The van der Waals surface area contributed by atoms with Gasteiger partial charge in [-0.3, -0.25) is 4.68 Å². The summed E-state index contributed by atoms with van der Waals surface area (Å²) in [5.41, 5.74) is 2.15. The minimum absolute atomic E-state index is 0.132. The zero-order valence-electron chi connectivity index (χ0n) is 11.0. The summed E-state index contributed by atoms with van der Waals surface area (Å²) in [7, 11) is 3.80. The second-order valence-corrected chi connectivity index (χ2v) is 5.52. The minimum Gasteiger partial charge on any atom is -0.313 e. The Hall–Kier alpha value is -1.20. The van der Waals surface area contributed by atoms with Crippen LogP contribution in [0, 0.1) is 5.82 Å². The molecule has 0 saturated carbocycles. The predicted molar refractivity (Wildman–Crippen MR) is 77.4 cm³/mol. The van der Waals surface area contributed by atoms with Crippen LogP contribution in [0.3, 0.4) is 0 Å². The van der Waals surface area contributed by atoms with Gasteiger partial charge in [-0.25, -0.2) is 4.39 Å². The van der Waals surface area contributed by atoms with Crippen LogP contribution >= 0.6 is 15.9 Å². The molecule has 0 radical (unpaired) electrons. The van der Waals surface area contributed by atoms with E-state index in [1.165, 1.54) is 11.6 Å². The molecule has 0 amide bonds. The van der Waals surface area contributed by atoms with E-state index in [1.54, 1.807) is 10.7 Å². The van der Waals surface area contributed by atoms with Crippen LogP contribution in [0.2, 0.25) is 0 Å². The molecule has 102 valence electrons. The van der Waals surface area contributed by atoms with E-state index in [9.17, 15) is 4.39 Å². The Labute approximate surface area is 121 Å². The highest BCUT2D eigenvalue weighted by Crippen LogP contribution is 2.23. The maximum Gasteiger partial charge on any atom is 0.124 e. The fraction of sp³-hybridized carbons (Fsp3) is 0.357. The molecule has 0 fully saturated rings. The third kappa shape index (κ3) is 3.88. The molecular formula is C14H17BrFN3. The van der Waals surface area contributed by atoms with Crippen LogP contribution in [0.5, 0.6) is 0 Å². The lowest BCUT2D eigenvalue weighted by atomic mass is 10.0. The molecule has 19 heavy (non-hydrogen) atoms. The highest BCUT2D eigenvalue weighted by molar-refractivity contribution is 9.10. The van der Waals surface area contributed by atoms with Crippen molar-refractivity contribution in [1.29, 1.82) is 0 Å². The van der Waals surface area contributed by atoms with E-state index < -0.39 is 0 Å². The largest absolute Gasteiger partial charge is 0.313 e. The summed E-state index contributed by atoms with van der Waals surface area (Å²) in [4.78, 5) is 0. The molecule has 0 spiro atoms. The molecule has 1 atom stereocenters. The number of nitrogens with zero attached hydrogens (tertiary/aromatic N) is 2. The Morgan fingerprint density at radius 3 is 2.79 bits per heavy atom. The Kier molecular flexibility index (Phi) is 4.71. The van der Waals surface area contributed by atoms with Crippen LogP contribution in [-0.2, 0) is 13.5 Å². The van der Waals surface area contributed by atoms with E-state index in [0.29, 0.717) is 0 Å². The number of rotatable bonds is 5. The van der Waals surface area contributed by atoms with Crippen molar-refractivity contribution in [3.05, 3.63) is 52.0 Å². The van der Waals surface area contributed by atoms with Gasteiger partial charge in [-0.1, -0.05) is 15.9 Å². The van der Waals surface area contributed by atoms with Crippen molar-refractivity contribution < 1.29 is 4.39 Å². The molecule has 3 nitrogen and oxygen atoms in total. The third-order valence-corrected chi connectivity index (χ3v) is 3.57. The van der Waals surface area contributed by atoms with Gasteiger partial charge >= 0.3 is 0 Å². The predicted octanol–water partition coefficient (Wildman–Crippen LogP) is 3.22. The number of halogens is 2. The molecule has 0 aliphatic rings. The molecule has 0 aliphatic heterocycles. The first kappa shape index (κ1) is 14.2. The Morgan fingerprint density at radius 1 is 1.42 bits per heavy atom. The first-order chi connectivity index (χ1) is 9.08. The molecular weight excluding hydrogens is 309 g/mol. The first-order valence-electron chi connectivity index (χ1n) is 6.19. The van der Waals surface area contributed by atoms with Gasteiger partial charge in [-0.2, -0.15) is 5.10 Å². The van der Waals surface area contributed by atoms with E-state index in [-0.39, 0.29) is 11.9 Å². The maximum absolute atomic E-state index is 13.4. The van der Waals surface area contributed by atoms with Crippen molar-refractivity contribution in [3.63, 3.8) is 0 Å². The highest BCUT2D eigenvalue weighted by Gasteiger charge is 2.11. The summed E-state index contributed by atoms with van der Waals surface area (Å²) in [6, 6.07) is 5.13. The minimum atomic E-state index is -0.217. The monoisotopic (exact) mass is 325 g/mol. The van der Waals surface area contributed by atoms with Gasteiger partial charge < -0.3 is 5.32 Å². The standard InChI is InChI=1S/C14H17BrFN3/c1-17-14(4-3-10-8-18-19(2)9-10)11-5-12(15)7-13(16)6-11/h5-9,14,17H,3-4H2,1-2H3. The van der Waals surface area contributed by atoms with Crippen LogP contribution in [0.4, 0.5) is 4.39 Å². The molecule has 1 N–H and O–H groups in total. The fourth-order valence-electron chi connectivity index (χ4n) is 2.17. The number of aryl methyl sites for hydroxylation is 2. The van der Waals surface area contributed by atoms with Gasteiger partial charge in [-0.15, -0.1) is 0 Å². The number of hydrogen-bond acceptors (Lipinski definition) is 2. The molecule has 0 aliphatic carbocycles. The van der Waals surface area contributed by atoms with Crippen molar-refractivity contribution >= 4 is 15.9 Å². The van der Waals surface area contributed by atoms with E-state index >= 15 is 0 Å². The number of hydrogen-bond donors (Lipinski definition) is 1. The Balaban J connectivity index is 2.07. The van der Waals surface area contributed by atoms with E-state index in [4.69, 9.17) is 0 Å². The molecule has 2 rings (SSSR count). The average molecular weight is 326 g/mol. The third-order valence-electron chi connectivity index (χ3n) is 3.12. The van der Waals surface area contributed by atoms with Gasteiger partial charge in [0, 0.05) is 23.8 Å². The first-order valence-corrected chi connectivity index (χ1v) is 6.98. The smallest absolute Gasteiger partial charge is 0.124 e. The zero-order chi connectivity index (χ0) is 13.8. The lowest BCUT2D eigenvalue weighted by Gasteiger charge is -2.16. The maximum atomic E-state index is 13.4. The normalized spacial score (nSPS) is 12.6. The van der Waals surface area contributed by atoms with Gasteiger partial charge in [0.1, 0.15) is 5.82 Å². The van der Waals surface area contributed by atoms with Crippen molar-refractivity contribution in [2.45, 2.75) is 18.9 Å². The lowest BCUT2D eigenvalue weighted by molar-refractivity contribution is 0.541. The van der Waals surface area contributed by atoms with Gasteiger partial charge in [-0.05, 0) is 49.2 Å². The molecule has 5 heteroatoms. The summed E-state index contributed by atoms with van der Waals surface area (Å²) < 4.78 is 16.0. The molecule has 1 unspecified atom stereocenters. The van der Waals surface area contributed by atoms with E-state index in [0.717, 1.165) is 22.9 Å². The van der Waals surface area contributed by atoms with Gasteiger partial charge in [0.2, 0.25) is 0 Å². The van der Waals surface area contributed by atoms with Crippen LogP contribution < -0.4 is 5.32 Å². The quantitative estimate of drug-likeness (QED) is 0.914. The van der Waals surface area contributed by atoms with Gasteiger partial charge in [0.25, 0.3) is 0 Å². The average Bonchev–Trinajstić information content (AvgIpc) is 2.75. The summed E-state index contributed by atoms with van der Waals surface area (Å²) in [6.45, 7) is 0. The summed E-state index contributed by atoms with van der Waals surface area (Å²) in [6.07, 6.45) is 5.69. The second kappa shape index (κ2) is 6.30. The molecule has 0 bridgehead atoms.